The van der Waals surface area contributed by atoms with Crippen LogP contribution in [-0.4, -0.2) is 38.2 Å². The zero-order chi connectivity index (χ0) is 16.3. The van der Waals surface area contributed by atoms with E-state index in [1.54, 1.807) is 0 Å². The van der Waals surface area contributed by atoms with Crippen molar-refractivity contribution in [1.29, 1.82) is 0 Å². The van der Waals surface area contributed by atoms with Crippen LogP contribution in [0.1, 0.15) is 26.7 Å². The predicted molar refractivity (Wildman–Crippen MR) is 83.7 cm³/mol. The number of nitro groups is 1. The van der Waals surface area contributed by atoms with Gasteiger partial charge in [-0.25, -0.2) is 8.42 Å². The van der Waals surface area contributed by atoms with Crippen LogP contribution in [0.25, 0.3) is 0 Å². The van der Waals surface area contributed by atoms with E-state index in [0.29, 0.717) is 5.92 Å². The number of sulfone groups is 1. The molecule has 1 unspecified atom stereocenters. The standard InChI is InChI=1S/C15H22N2O4S/c1-12-4-3-9-16(10-12)13(2)11-22(20,21)15-7-5-14(6-8-15)17(18)19/h5-8,12-13H,3-4,9-11H2,1-2H3/p+1/t12-,13-/m0/s1. The van der Waals surface area contributed by atoms with E-state index in [4.69, 9.17) is 0 Å². The fourth-order valence-electron chi connectivity index (χ4n) is 3.10. The van der Waals surface area contributed by atoms with Crippen molar-refractivity contribution in [2.24, 2.45) is 5.92 Å². The van der Waals surface area contributed by atoms with E-state index in [1.807, 2.05) is 6.92 Å². The maximum atomic E-state index is 12.5. The number of non-ortho nitro benzene ring substituents is 1. The van der Waals surface area contributed by atoms with Gasteiger partial charge in [0.15, 0.2) is 9.84 Å². The van der Waals surface area contributed by atoms with Gasteiger partial charge in [-0.2, -0.15) is 0 Å². The third-order valence-corrected chi connectivity index (χ3v) is 6.31. The van der Waals surface area contributed by atoms with Crippen molar-refractivity contribution in [3.05, 3.63) is 34.4 Å². The first-order valence-electron chi connectivity index (χ1n) is 7.61. The SMILES string of the molecule is C[C@H]1CCC[NH+]([C@@H](C)CS(=O)(=O)c2ccc([N+](=O)[O-])cc2)C1. The number of hydrogen-bond donors (Lipinski definition) is 1. The van der Waals surface area contributed by atoms with Gasteiger partial charge in [-0.3, -0.25) is 10.1 Å². The van der Waals surface area contributed by atoms with Crippen LogP contribution >= 0.6 is 0 Å². The molecule has 0 spiro atoms. The molecule has 0 aromatic heterocycles. The summed E-state index contributed by atoms with van der Waals surface area (Å²) in [5, 5.41) is 10.6. The Morgan fingerprint density at radius 1 is 1.36 bits per heavy atom. The second kappa shape index (κ2) is 6.75. The number of quaternary nitrogens is 1. The minimum Gasteiger partial charge on any atom is -0.332 e. The van der Waals surface area contributed by atoms with Gasteiger partial charge in [0.1, 0.15) is 5.75 Å². The Labute approximate surface area is 131 Å². The zero-order valence-corrected chi connectivity index (χ0v) is 13.8. The summed E-state index contributed by atoms with van der Waals surface area (Å²) in [5.41, 5.74) is -0.0949. The molecule has 0 saturated carbocycles. The van der Waals surface area contributed by atoms with Crippen LogP contribution in [0.4, 0.5) is 5.69 Å². The zero-order valence-electron chi connectivity index (χ0n) is 13.0. The van der Waals surface area contributed by atoms with E-state index >= 15 is 0 Å². The summed E-state index contributed by atoms with van der Waals surface area (Å²) in [4.78, 5) is 11.6. The molecule has 1 aromatic carbocycles. The van der Waals surface area contributed by atoms with Crippen molar-refractivity contribution < 1.29 is 18.2 Å². The minimum absolute atomic E-state index is 0.0305. The third kappa shape index (κ3) is 4.04. The molecule has 1 aromatic rings. The maximum absolute atomic E-state index is 12.5. The van der Waals surface area contributed by atoms with Crippen molar-refractivity contribution in [1.82, 2.24) is 0 Å². The Hall–Kier alpha value is -1.47. The van der Waals surface area contributed by atoms with Gasteiger partial charge < -0.3 is 4.90 Å². The highest BCUT2D eigenvalue weighted by molar-refractivity contribution is 7.91. The van der Waals surface area contributed by atoms with Crippen molar-refractivity contribution in [3.63, 3.8) is 0 Å². The van der Waals surface area contributed by atoms with E-state index in [0.717, 1.165) is 19.5 Å². The average molecular weight is 327 g/mol. The minimum atomic E-state index is -3.41. The molecule has 1 aliphatic heterocycles. The molecule has 6 nitrogen and oxygen atoms in total. The molecule has 0 amide bonds. The van der Waals surface area contributed by atoms with E-state index in [1.165, 1.54) is 35.6 Å². The van der Waals surface area contributed by atoms with Gasteiger partial charge in [0.05, 0.1) is 29.0 Å². The summed E-state index contributed by atoms with van der Waals surface area (Å²) < 4.78 is 24.9. The number of nitro benzene ring substituents is 1. The van der Waals surface area contributed by atoms with E-state index < -0.39 is 14.8 Å². The fourth-order valence-corrected chi connectivity index (χ4v) is 4.73. The molecule has 0 aliphatic carbocycles. The van der Waals surface area contributed by atoms with Gasteiger partial charge in [-0.05, 0) is 31.9 Å². The third-order valence-electron chi connectivity index (χ3n) is 4.38. The van der Waals surface area contributed by atoms with Gasteiger partial charge in [-0.1, -0.05) is 6.92 Å². The number of piperidine rings is 1. The van der Waals surface area contributed by atoms with E-state index in [9.17, 15) is 18.5 Å². The first-order valence-corrected chi connectivity index (χ1v) is 9.26. The lowest BCUT2D eigenvalue weighted by molar-refractivity contribution is -0.928. The van der Waals surface area contributed by atoms with Crippen LogP contribution in [0.5, 0.6) is 0 Å². The van der Waals surface area contributed by atoms with Crippen molar-refractivity contribution in [3.8, 4) is 0 Å². The van der Waals surface area contributed by atoms with Crippen LogP contribution < -0.4 is 4.90 Å². The number of likely N-dealkylation sites (tertiary alicyclic amines) is 1. The monoisotopic (exact) mass is 327 g/mol. The lowest BCUT2D eigenvalue weighted by atomic mass is 9.99. The molecule has 2 rings (SSSR count). The Morgan fingerprint density at radius 3 is 2.55 bits per heavy atom. The second-order valence-corrected chi connectivity index (χ2v) is 8.33. The summed E-state index contributed by atoms with van der Waals surface area (Å²) in [6.07, 6.45) is 2.35. The predicted octanol–water partition coefficient (Wildman–Crippen LogP) is 1.07. The molecule has 0 bridgehead atoms. The number of benzene rings is 1. The smallest absolute Gasteiger partial charge is 0.269 e. The summed E-state index contributed by atoms with van der Waals surface area (Å²) in [5.74, 6) is 0.709. The molecule has 3 atom stereocenters. The van der Waals surface area contributed by atoms with E-state index in [2.05, 4.69) is 6.92 Å². The van der Waals surface area contributed by atoms with Crippen LogP contribution in [0.2, 0.25) is 0 Å². The van der Waals surface area contributed by atoms with Crippen LogP contribution in [-0.2, 0) is 9.84 Å². The summed E-state index contributed by atoms with van der Waals surface area (Å²) in [7, 11) is -3.41. The van der Waals surface area contributed by atoms with Gasteiger partial charge in [0.2, 0.25) is 0 Å². The fraction of sp³-hybridized carbons (Fsp3) is 0.600. The number of nitrogens with zero attached hydrogens (tertiary/aromatic N) is 1. The number of nitrogens with one attached hydrogen (secondary N) is 1. The Bertz CT molecular complexity index is 627. The number of hydrogen-bond acceptors (Lipinski definition) is 4. The lowest BCUT2D eigenvalue weighted by Gasteiger charge is -2.32. The maximum Gasteiger partial charge on any atom is 0.269 e. The molecule has 1 fully saturated rings. The molecular weight excluding hydrogens is 304 g/mol. The van der Waals surface area contributed by atoms with Gasteiger partial charge in [0, 0.05) is 18.1 Å². The van der Waals surface area contributed by atoms with Gasteiger partial charge in [-0.15, -0.1) is 0 Å². The summed E-state index contributed by atoms with van der Waals surface area (Å²) >= 11 is 0. The molecule has 1 N–H and O–H groups in total. The normalized spacial score (nSPS) is 23.9. The summed E-state index contributed by atoms with van der Waals surface area (Å²) in [6, 6.07) is 5.17. The molecule has 122 valence electrons. The van der Waals surface area contributed by atoms with Crippen molar-refractivity contribution in [2.45, 2.75) is 37.6 Å². The highest BCUT2D eigenvalue weighted by Gasteiger charge is 2.29. The molecule has 0 radical (unpaired) electrons. The molecule has 7 heteroatoms. The summed E-state index contributed by atoms with van der Waals surface area (Å²) in [6.45, 7) is 6.20. The van der Waals surface area contributed by atoms with Crippen LogP contribution in [0.15, 0.2) is 29.2 Å². The van der Waals surface area contributed by atoms with Crippen LogP contribution in [0.3, 0.4) is 0 Å². The first kappa shape index (κ1) is 16.9. The molecular formula is C15H23N2O4S+. The van der Waals surface area contributed by atoms with Crippen molar-refractivity contribution >= 4 is 15.5 Å². The van der Waals surface area contributed by atoms with E-state index in [-0.39, 0.29) is 22.4 Å². The quantitative estimate of drug-likeness (QED) is 0.648. The Morgan fingerprint density at radius 2 is 2.00 bits per heavy atom. The topological polar surface area (TPSA) is 81.7 Å². The second-order valence-electron chi connectivity index (χ2n) is 6.29. The molecule has 22 heavy (non-hydrogen) atoms. The lowest BCUT2D eigenvalue weighted by Crippen LogP contribution is -3.17. The van der Waals surface area contributed by atoms with Crippen LogP contribution in [0, 0.1) is 16.0 Å². The molecule has 1 heterocycles. The number of rotatable bonds is 5. The molecule has 1 saturated heterocycles. The highest BCUT2D eigenvalue weighted by Crippen LogP contribution is 2.17. The molecule has 1 aliphatic rings. The van der Waals surface area contributed by atoms with Crippen molar-refractivity contribution in [2.75, 3.05) is 18.8 Å². The largest absolute Gasteiger partial charge is 0.332 e. The Balaban J connectivity index is 2.08. The highest BCUT2D eigenvalue weighted by atomic mass is 32.2. The Kier molecular flexibility index (Phi) is 5.18. The first-order chi connectivity index (χ1) is 10.3. The average Bonchev–Trinajstić information content (AvgIpc) is 2.47. The van der Waals surface area contributed by atoms with Gasteiger partial charge >= 0.3 is 0 Å². The van der Waals surface area contributed by atoms with Gasteiger partial charge in [0.25, 0.3) is 5.69 Å².